The molecule has 130 valence electrons. The molecule has 5 nitrogen and oxygen atoms in total. The number of aromatic nitrogens is 1. The molecular weight excluding hydrogens is 300 g/mol. The van der Waals surface area contributed by atoms with E-state index < -0.39 is 0 Å². The fraction of sp³-hybridized carbons (Fsp3) is 0.579. The van der Waals surface area contributed by atoms with Gasteiger partial charge in [-0.15, -0.1) is 0 Å². The van der Waals surface area contributed by atoms with Crippen molar-refractivity contribution in [1.29, 1.82) is 0 Å². The number of amides is 2. The largest absolute Gasteiger partial charge is 0.332 e. The predicted octanol–water partition coefficient (Wildman–Crippen LogP) is 2.65. The van der Waals surface area contributed by atoms with E-state index in [9.17, 15) is 4.79 Å². The Bertz CT molecular complexity index is 560. The highest BCUT2D eigenvalue weighted by atomic mass is 16.2. The summed E-state index contributed by atoms with van der Waals surface area (Å²) in [5.41, 5.74) is 1.23. The van der Waals surface area contributed by atoms with Crippen molar-refractivity contribution < 1.29 is 4.79 Å². The van der Waals surface area contributed by atoms with Crippen LogP contribution in [0.3, 0.4) is 0 Å². The number of hydrogen-bond donors (Lipinski definition) is 1. The van der Waals surface area contributed by atoms with Gasteiger partial charge in [0.25, 0.3) is 0 Å². The number of nitrogens with one attached hydrogen (secondary N) is 1. The minimum absolute atomic E-state index is 0.101. The van der Waals surface area contributed by atoms with E-state index in [0.717, 1.165) is 45.4 Å². The lowest BCUT2D eigenvalue weighted by atomic mass is 10.0. The SMILES string of the molecule is CN(Cc1cccnc1)CC1CCN(C(=O)NC2C=CCCC2)C1. The van der Waals surface area contributed by atoms with Crippen LogP contribution in [0.25, 0.3) is 0 Å². The average molecular weight is 328 g/mol. The highest BCUT2D eigenvalue weighted by Crippen LogP contribution is 2.19. The monoisotopic (exact) mass is 328 g/mol. The second-order valence-corrected chi connectivity index (χ2v) is 7.07. The van der Waals surface area contributed by atoms with Gasteiger partial charge in [0.05, 0.1) is 0 Å². The van der Waals surface area contributed by atoms with Crippen molar-refractivity contribution in [2.24, 2.45) is 5.92 Å². The first kappa shape index (κ1) is 17.0. The normalized spacial score (nSPS) is 23.7. The summed E-state index contributed by atoms with van der Waals surface area (Å²) in [6, 6.07) is 4.41. The van der Waals surface area contributed by atoms with Gasteiger partial charge in [-0.3, -0.25) is 4.98 Å². The number of rotatable bonds is 5. The topological polar surface area (TPSA) is 48.5 Å². The Hall–Kier alpha value is -1.88. The van der Waals surface area contributed by atoms with E-state index in [1.54, 1.807) is 6.20 Å². The average Bonchev–Trinajstić information content (AvgIpc) is 3.05. The Morgan fingerprint density at radius 2 is 2.38 bits per heavy atom. The lowest BCUT2D eigenvalue weighted by Gasteiger charge is -2.24. The summed E-state index contributed by atoms with van der Waals surface area (Å²) in [6.45, 7) is 3.65. The van der Waals surface area contributed by atoms with Crippen LogP contribution in [0.1, 0.15) is 31.2 Å². The van der Waals surface area contributed by atoms with E-state index in [0.29, 0.717) is 5.92 Å². The number of carbonyl (C=O) groups excluding carboxylic acids is 1. The summed E-state index contributed by atoms with van der Waals surface area (Å²) >= 11 is 0. The molecule has 0 radical (unpaired) electrons. The Morgan fingerprint density at radius 3 is 3.12 bits per heavy atom. The van der Waals surface area contributed by atoms with Gasteiger partial charge < -0.3 is 15.1 Å². The molecule has 1 aliphatic heterocycles. The molecule has 2 aliphatic rings. The number of urea groups is 1. The first-order valence-electron chi connectivity index (χ1n) is 9.00. The first-order chi connectivity index (χ1) is 11.7. The van der Waals surface area contributed by atoms with Gasteiger partial charge in [-0.25, -0.2) is 4.79 Å². The molecule has 2 amide bonds. The summed E-state index contributed by atoms with van der Waals surface area (Å²) in [6.07, 6.45) is 12.5. The van der Waals surface area contributed by atoms with E-state index in [1.807, 2.05) is 17.2 Å². The zero-order valence-electron chi connectivity index (χ0n) is 14.5. The molecule has 24 heavy (non-hydrogen) atoms. The molecule has 1 saturated heterocycles. The summed E-state index contributed by atoms with van der Waals surface area (Å²) in [7, 11) is 2.14. The van der Waals surface area contributed by atoms with Gasteiger partial charge in [0.2, 0.25) is 0 Å². The summed E-state index contributed by atoms with van der Waals surface area (Å²) in [5, 5.41) is 3.15. The maximum Gasteiger partial charge on any atom is 0.317 e. The van der Waals surface area contributed by atoms with E-state index in [-0.39, 0.29) is 12.1 Å². The van der Waals surface area contributed by atoms with Crippen LogP contribution in [0, 0.1) is 5.92 Å². The maximum atomic E-state index is 12.4. The van der Waals surface area contributed by atoms with Crippen LogP contribution in [0.4, 0.5) is 4.79 Å². The van der Waals surface area contributed by atoms with Crippen molar-refractivity contribution in [3.05, 3.63) is 42.2 Å². The Kier molecular flexibility index (Phi) is 5.86. The highest BCUT2D eigenvalue weighted by molar-refractivity contribution is 5.75. The summed E-state index contributed by atoms with van der Waals surface area (Å²) in [5.74, 6) is 0.555. The zero-order valence-corrected chi connectivity index (χ0v) is 14.5. The van der Waals surface area contributed by atoms with Crippen LogP contribution >= 0.6 is 0 Å². The molecule has 2 unspecified atom stereocenters. The van der Waals surface area contributed by atoms with Crippen LogP contribution in [0.5, 0.6) is 0 Å². The lowest BCUT2D eigenvalue weighted by molar-refractivity contribution is 0.201. The number of nitrogens with zero attached hydrogens (tertiary/aromatic N) is 3. The van der Waals surface area contributed by atoms with Crippen LogP contribution in [-0.4, -0.2) is 53.5 Å². The first-order valence-corrected chi connectivity index (χ1v) is 9.00. The van der Waals surface area contributed by atoms with Gasteiger partial charge in [-0.2, -0.15) is 0 Å². The van der Waals surface area contributed by atoms with Crippen LogP contribution in [0.2, 0.25) is 0 Å². The number of carbonyl (C=O) groups is 1. The number of likely N-dealkylation sites (tertiary alicyclic amines) is 1. The van der Waals surface area contributed by atoms with Crippen molar-refractivity contribution >= 4 is 6.03 Å². The quantitative estimate of drug-likeness (QED) is 0.846. The zero-order chi connectivity index (χ0) is 16.8. The van der Waals surface area contributed by atoms with E-state index in [4.69, 9.17) is 0 Å². The number of pyridine rings is 1. The minimum atomic E-state index is 0.101. The fourth-order valence-electron chi connectivity index (χ4n) is 3.66. The molecule has 1 aromatic heterocycles. The molecule has 1 N–H and O–H groups in total. The molecule has 2 atom stereocenters. The molecule has 1 aromatic rings. The molecule has 0 aromatic carbocycles. The van der Waals surface area contributed by atoms with Gasteiger partial charge in [0, 0.05) is 44.6 Å². The molecule has 5 heteroatoms. The second-order valence-electron chi connectivity index (χ2n) is 7.07. The third-order valence-corrected chi connectivity index (χ3v) is 4.88. The number of hydrogen-bond acceptors (Lipinski definition) is 3. The van der Waals surface area contributed by atoms with Gasteiger partial charge in [0.1, 0.15) is 0 Å². The molecule has 3 rings (SSSR count). The van der Waals surface area contributed by atoms with Crippen LogP contribution in [-0.2, 0) is 6.54 Å². The van der Waals surface area contributed by atoms with Crippen LogP contribution in [0.15, 0.2) is 36.7 Å². The van der Waals surface area contributed by atoms with Gasteiger partial charge in [-0.05, 0) is 50.3 Å². The molecule has 0 bridgehead atoms. The van der Waals surface area contributed by atoms with Crippen molar-refractivity contribution in [2.75, 3.05) is 26.7 Å². The van der Waals surface area contributed by atoms with Crippen molar-refractivity contribution in [2.45, 2.75) is 38.3 Å². The van der Waals surface area contributed by atoms with Crippen molar-refractivity contribution in [3.8, 4) is 0 Å². The summed E-state index contributed by atoms with van der Waals surface area (Å²) < 4.78 is 0. The predicted molar refractivity (Wildman–Crippen MR) is 95.6 cm³/mol. The van der Waals surface area contributed by atoms with E-state index in [1.165, 1.54) is 12.0 Å². The third-order valence-electron chi connectivity index (χ3n) is 4.88. The smallest absolute Gasteiger partial charge is 0.317 e. The van der Waals surface area contributed by atoms with Gasteiger partial charge in [-0.1, -0.05) is 18.2 Å². The van der Waals surface area contributed by atoms with Gasteiger partial charge >= 0.3 is 6.03 Å². The minimum Gasteiger partial charge on any atom is -0.332 e. The fourth-order valence-corrected chi connectivity index (χ4v) is 3.66. The Morgan fingerprint density at radius 1 is 1.46 bits per heavy atom. The molecular formula is C19H28N4O. The number of allylic oxidation sites excluding steroid dienone is 1. The molecule has 1 fully saturated rings. The van der Waals surface area contributed by atoms with Crippen LogP contribution < -0.4 is 5.32 Å². The molecule has 0 spiro atoms. The molecule has 0 saturated carbocycles. The standard InChI is InChI=1S/C19H28N4O/c1-22(13-16-6-5-10-20-12-16)14-17-9-11-23(15-17)19(24)21-18-7-3-2-4-8-18/h3,5-7,10,12,17-18H,2,4,8-9,11,13-15H2,1H3,(H,21,24). The van der Waals surface area contributed by atoms with Crippen molar-refractivity contribution in [3.63, 3.8) is 0 Å². The van der Waals surface area contributed by atoms with Gasteiger partial charge in [0.15, 0.2) is 0 Å². The second kappa shape index (κ2) is 8.29. The maximum absolute atomic E-state index is 12.4. The lowest BCUT2D eigenvalue weighted by Crippen LogP contribution is -2.44. The Balaban J connectivity index is 1.42. The Labute approximate surface area is 144 Å². The molecule has 1 aliphatic carbocycles. The molecule has 2 heterocycles. The van der Waals surface area contributed by atoms with Crippen molar-refractivity contribution in [1.82, 2.24) is 20.1 Å². The third kappa shape index (κ3) is 4.81. The van der Waals surface area contributed by atoms with E-state index >= 15 is 0 Å². The summed E-state index contributed by atoms with van der Waals surface area (Å²) in [4.78, 5) is 20.9. The van der Waals surface area contributed by atoms with E-state index in [2.05, 4.69) is 40.5 Å². The highest BCUT2D eigenvalue weighted by Gasteiger charge is 2.27.